The molecule has 0 radical (unpaired) electrons. The number of anilines is 1. The van der Waals surface area contributed by atoms with E-state index in [1.165, 1.54) is 5.56 Å². The fourth-order valence-electron chi connectivity index (χ4n) is 6.49. The first-order valence-electron chi connectivity index (χ1n) is 15.9. The Bertz CT molecular complexity index is 1160. The van der Waals surface area contributed by atoms with Gasteiger partial charge in [0, 0.05) is 57.8 Å². The zero-order valence-electron chi connectivity index (χ0n) is 26.0. The molecule has 43 heavy (non-hydrogen) atoms. The van der Waals surface area contributed by atoms with Crippen molar-refractivity contribution in [2.24, 2.45) is 5.92 Å². The lowest BCUT2D eigenvalue weighted by Crippen LogP contribution is -2.48. The summed E-state index contributed by atoms with van der Waals surface area (Å²) in [6.07, 6.45) is 4.90. The van der Waals surface area contributed by atoms with Crippen molar-refractivity contribution in [2.75, 3.05) is 65.1 Å². The Labute approximate surface area is 256 Å². The molecule has 3 heterocycles. The van der Waals surface area contributed by atoms with Crippen LogP contribution in [0.5, 0.6) is 11.5 Å². The molecule has 1 unspecified atom stereocenters. The van der Waals surface area contributed by atoms with Gasteiger partial charge in [0.25, 0.3) is 0 Å². The average molecular weight is 596 g/mol. The topological polar surface area (TPSA) is 90.5 Å². The quantitative estimate of drug-likeness (QED) is 0.313. The lowest BCUT2D eigenvalue weighted by molar-refractivity contribution is -0.125. The number of carbonyl (C=O) groups is 1. The Morgan fingerprint density at radius 2 is 2.02 bits per heavy atom. The minimum atomic E-state index is -0.0857. The first kappa shape index (κ1) is 31.6. The maximum Gasteiger partial charge on any atom is 0.222 e. The molecule has 2 fully saturated rings. The summed E-state index contributed by atoms with van der Waals surface area (Å²) >= 11 is 0. The van der Waals surface area contributed by atoms with E-state index in [1.54, 1.807) is 14.2 Å². The van der Waals surface area contributed by atoms with Crippen LogP contribution in [0.2, 0.25) is 0 Å². The Kier molecular flexibility index (Phi) is 11.6. The number of hydrogen-bond acceptors (Lipinski definition) is 8. The molecule has 0 bridgehead atoms. The standard InChI is InChI=1S/C34H49N3O6/c1-24(34(38)36-21-29-6-4-16-41-29)18-27-20-30(26-8-10-28(40-3)11-9-26)33(22-35-27)43-23-25-7-12-32-31(19-25)37(14-17-42-32)13-5-15-39-2/h7-12,19,24,27,29-30,33,35H,4-6,13-18,20-23H2,1-3H3,(H,36,38)/t24?,27-,29-,30+,33-/m0/s1. The van der Waals surface area contributed by atoms with E-state index in [4.69, 9.17) is 23.7 Å². The molecule has 3 aliphatic rings. The van der Waals surface area contributed by atoms with Gasteiger partial charge in [0.1, 0.15) is 18.1 Å². The van der Waals surface area contributed by atoms with Crippen molar-refractivity contribution in [3.63, 3.8) is 0 Å². The largest absolute Gasteiger partial charge is 0.497 e. The molecule has 236 valence electrons. The molecule has 2 N–H and O–H groups in total. The highest BCUT2D eigenvalue weighted by Gasteiger charge is 2.34. The molecule has 0 spiro atoms. The van der Waals surface area contributed by atoms with Crippen LogP contribution in [-0.2, 0) is 25.6 Å². The van der Waals surface area contributed by atoms with Crippen LogP contribution in [0, 0.1) is 5.92 Å². The van der Waals surface area contributed by atoms with Crippen molar-refractivity contribution in [1.29, 1.82) is 0 Å². The van der Waals surface area contributed by atoms with Gasteiger partial charge >= 0.3 is 0 Å². The molecule has 1 amide bonds. The number of carbonyl (C=O) groups excluding carboxylic acids is 1. The molecular formula is C34H49N3O6. The van der Waals surface area contributed by atoms with E-state index in [2.05, 4.69) is 45.9 Å². The van der Waals surface area contributed by atoms with Gasteiger partial charge in [0.2, 0.25) is 5.91 Å². The van der Waals surface area contributed by atoms with Crippen LogP contribution >= 0.6 is 0 Å². The summed E-state index contributed by atoms with van der Waals surface area (Å²) in [5.74, 6) is 1.99. The first-order valence-corrected chi connectivity index (χ1v) is 15.9. The second kappa shape index (κ2) is 15.7. The monoisotopic (exact) mass is 595 g/mol. The van der Waals surface area contributed by atoms with Gasteiger partial charge in [-0.1, -0.05) is 25.1 Å². The highest BCUT2D eigenvalue weighted by Crippen LogP contribution is 2.35. The van der Waals surface area contributed by atoms with Crippen LogP contribution in [0.3, 0.4) is 0 Å². The summed E-state index contributed by atoms with van der Waals surface area (Å²) in [4.78, 5) is 15.2. The van der Waals surface area contributed by atoms with E-state index in [0.29, 0.717) is 19.8 Å². The predicted molar refractivity (Wildman–Crippen MR) is 167 cm³/mol. The highest BCUT2D eigenvalue weighted by atomic mass is 16.5. The number of rotatable bonds is 14. The van der Waals surface area contributed by atoms with E-state index in [9.17, 15) is 4.79 Å². The molecular weight excluding hydrogens is 546 g/mol. The second-order valence-electron chi connectivity index (χ2n) is 12.1. The van der Waals surface area contributed by atoms with Gasteiger partial charge in [0.15, 0.2) is 0 Å². The van der Waals surface area contributed by atoms with Crippen molar-refractivity contribution in [3.8, 4) is 11.5 Å². The number of hydrogen-bond donors (Lipinski definition) is 2. The van der Waals surface area contributed by atoms with Crippen LogP contribution in [0.4, 0.5) is 5.69 Å². The van der Waals surface area contributed by atoms with Gasteiger partial charge in [-0.15, -0.1) is 0 Å². The van der Waals surface area contributed by atoms with Gasteiger partial charge in [-0.3, -0.25) is 4.79 Å². The lowest BCUT2D eigenvalue weighted by Gasteiger charge is -2.38. The third-order valence-electron chi connectivity index (χ3n) is 8.98. The number of methoxy groups -OCH3 is 2. The first-order chi connectivity index (χ1) is 21.0. The number of fused-ring (bicyclic) bond motifs is 1. The van der Waals surface area contributed by atoms with Gasteiger partial charge in [0.05, 0.1) is 38.2 Å². The normalized spacial score (nSPS) is 24.2. The molecule has 2 aromatic rings. The van der Waals surface area contributed by atoms with Gasteiger partial charge < -0.3 is 39.2 Å². The Hall–Kier alpha value is -2.85. The molecule has 9 heteroatoms. The Morgan fingerprint density at radius 3 is 2.79 bits per heavy atom. The second-order valence-corrected chi connectivity index (χ2v) is 12.1. The van der Waals surface area contributed by atoms with Gasteiger partial charge in [-0.2, -0.15) is 0 Å². The predicted octanol–water partition coefficient (Wildman–Crippen LogP) is 4.28. The molecule has 0 aromatic heterocycles. The maximum atomic E-state index is 12.9. The highest BCUT2D eigenvalue weighted by molar-refractivity contribution is 5.78. The summed E-state index contributed by atoms with van der Waals surface area (Å²) in [5, 5.41) is 6.81. The van der Waals surface area contributed by atoms with Crippen LogP contribution in [0.1, 0.15) is 56.1 Å². The number of ether oxygens (including phenoxy) is 5. The third-order valence-corrected chi connectivity index (χ3v) is 8.98. The van der Waals surface area contributed by atoms with Crippen molar-refractivity contribution in [3.05, 3.63) is 53.6 Å². The zero-order valence-corrected chi connectivity index (χ0v) is 26.0. The van der Waals surface area contributed by atoms with E-state index in [-0.39, 0.29) is 36.0 Å². The van der Waals surface area contributed by atoms with E-state index >= 15 is 0 Å². The van der Waals surface area contributed by atoms with E-state index in [0.717, 1.165) is 87.7 Å². The number of piperidine rings is 1. The van der Waals surface area contributed by atoms with Crippen molar-refractivity contribution < 1.29 is 28.5 Å². The smallest absolute Gasteiger partial charge is 0.222 e. The van der Waals surface area contributed by atoms with E-state index in [1.807, 2.05) is 19.1 Å². The van der Waals surface area contributed by atoms with Gasteiger partial charge in [-0.25, -0.2) is 0 Å². The fraction of sp³-hybridized carbons (Fsp3) is 0.618. The fourth-order valence-corrected chi connectivity index (χ4v) is 6.49. The molecule has 2 aromatic carbocycles. The molecule has 3 aliphatic heterocycles. The van der Waals surface area contributed by atoms with E-state index < -0.39 is 0 Å². The average Bonchev–Trinajstić information content (AvgIpc) is 3.57. The summed E-state index contributed by atoms with van der Waals surface area (Å²) in [7, 11) is 3.43. The summed E-state index contributed by atoms with van der Waals surface area (Å²) in [5.41, 5.74) is 3.49. The summed E-state index contributed by atoms with van der Waals surface area (Å²) < 4.78 is 28.9. The third kappa shape index (κ3) is 8.62. The van der Waals surface area contributed by atoms with Crippen LogP contribution in [0.15, 0.2) is 42.5 Å². The van der Waals surface area contributed by atoms with Crippen LogP contribution in [0.25, 0.3) is 0 Å². The molecule has 5 atom stereocenters. The van der Waals surface area contributed by atoms with Crippen LogP contribution < -0.4 is 25.0 Å². The molecule has 0 saturated carbocycles. The number of benzene rings is 2. The minimum Gasteiger partial charge on any atom is -0.497 e. The SMILES string of the molecule is COCCCN1CCOc2ccc(CO[C@H]3CN[C@@H](CC(C)C(=O)NC[C@@H]4CCCO4)C[C@@H]3c3ccc(OC)cc3)cc21. The summed E-state index contributed by atoms with van der Waals surface area (Å²) in [6.45, 7) is 7.92. The molecule has 2 saturated heterocycles. The molecule has 0 aliphatic carbocycles. The van der Waals surface area contributed by atoms with Gasteiger partial charge in [-0.05, 0) is 67.5 Å². The zero-order chi connectivity index (χ0) is 30.0. The van der Waals surface area contributed by atoms with Crippen molar-refractivity contribution in [2.45, 2.75) is 69.8 Å². The maximum absolute atomic E-state index is 12.9. The number of nitrogens with one attached hydrogen (secondary N) is 2. The van der Waals surface area contributed by atoms with Crippen LogP contribution in [-0.4, -0.2) is 84.4 Å². The number of amides is 1. The van der Waals surface area contributed by atoms with Crippen molar-refractivity contribution in [1.82, 2.24) is 10.6 Å². The molecule has 5 rings (SSSR count). The lowest BCUT2D eigenvalue weighted by atomic mass is 9.81. The number of nitrogens with zero attached hydrogens (tertiary/aromatic N) is 1. The minimum absolute atomic E-state index is 0.00150. The summed E-state index contributed by atoms with van der Waals surface area (Å²) in [6, 6.07) is 14.9. The Balaban J connectivity index is 1.22. The van der Waals surface area contributed by atoms with Crippen molar-refractivity contribution >= 4 is 11.6 Å². The molecule has 9 nitrogen and oxygen atoms in total. The Morgan fingerprint density at radius 1 is 1.16 bits per heavy atom.